The molecule has 0 radical (unpaired) electrons. The largest absolute Gasteiger partial charge is 0.353 e. The Morgan fingerprint density at radius 3 is 2.63 bits per heavy atom. The monoisotopic (exact) mass is 305 g/mol. The Labute approximate surface area is 117 Å². The van der Waals surface area contributed by atoms with Gasteiger partial charge in [0, 0.05) is 13.1 Å². The van der Waals surface area contributed by atoms with E-state index < -0.39 is 16.1 Å². The first-order valence-electron chi connectivity index (χ1n) is 5.91. The molecule has 0 spiro atoms. The highest BCUT2D eigenvalue weighted by Gasteiger charge is 2.17. The first kappa shape index (κ1) is 16.1. The summed E-state index contributed by atoms with van der Waals surface area (Å²) >= 11 is 1.15. The fraction of sp³-hybridized carbons (Fsp3) is 0.545. The second kappa shape index (κ2) is 6.99. The summed E-state index contributed by atoms with van der Waals surface area (Å²) in [6, 6.07) is 2.62. The van der Waals surface area contributed by atoms with Crippen molar-refractivity contribution < 1.29 is 13.2 Å². The first-order chi connectivity index (χ1) is 8.84. The first-order valence-corrected chi connectivity index (χ1v) is 8.27. The number of sulfonamides is 1. The van der Waals surface area contributed by atoms with Crippen molar-refractivity contribution in [2.24, 2.45) is 11.7 Å². The van der Waals surface area contributed by atoms with Gasteiger partial charge in [-0.2, -0.15) is 0 Å². The third kappa shape index (κ3) is 4.90. The summed E-state index contributed by atoms with van der Waals surface area (Å²) in [5, 5.41) is 4.29. The van der Waals surface area contributed by atoms with Crippen LogP contribution in [0.1, 0.15) is 13.8 Å². The number of thiophene rings is 1. The van der Waals surface area contributed by atoms with E-state index in [0.717, 1.165) is 11.3 Å². The zero-order valence-electron chi connectivity index (χ0n) is 10.9. The molecular weight excluding hydrogens is 286 g/mol. The van der Waals surface area contributed by atoms with Crippen LogP contribution in [0.15, 0.2) is 21.7 Å². The number of nitrogens with one attached hydrogen (secondary N) is 2. The molecule has 1 amide bonds. The molecule has 0 aliphatic heterocycles. The zero-order chi connectivity index (χ0) is 14.5. The van der Waals surface area contributed by atoms with Crippen molar-refractivity contribution in [2.45, 2.75) is 24.1 Å². The fourth-order valence-corrected chi connectivity index (χ4v) is 3.35. The van der Waals surface area contributed by atoms with Gasteiger partial charge >= 0.3 is 0 Å². The molecule has 0 aliphatic rings. The zero-order valence-corrected chi connectivity index (χ0v) is 12.6. The van der Waals surface area contributed by atoms with Gasteiger partial charge in [-0.05, 0) is 17.4 Å². The van der Waals surface area contributed by atoms with E-state index in [1.54, 1.807) is 11.4 Å². The minimum atomic E-state index is -3.47. The molecule has 0 bridgehead atoms. The molecular formula is C11H19N3O3S2. The van der Waals surface area contributed by atoms with Gasteiger partial charge in [-0.15, -0.1) is 11.3 Å². The van der Waals surface area contributed by atoms with Crippen LogP contribution < -0.4 is 15.8 Å². The minimum Gasteiger partial charge on any atom is -0.353 e. The van der Waals surface area contributed by atoms with Crippen LogP contribution in [0.2, 0.25) is 0 Å². The van der Waals surface area contributed by atoms with Gasteiger partial charge in [0.15, 0.2) is 0 Å². The average molecular weight is 305 g/mol. The molecule has 0 saturated heterocycles. The lowest BCUT2D eigenvalue weighted by Crippen LogP contribution is -2.46. The number of rotatable bonds is 7. The lowest BCUT2D eigenvalue weighted by Gasteiger charge is -2.15. The number of nitrogens with two attached hydrogens (primary N) is 1. The SMILES string of the molecule is CC(C)[C@H](N)C(=O)NCCNS(=O)(=O)c1cccs1. The van der Waals surface area contributed by atoms with E-state index in [1.807, 2.05) is 13.8 Å². The molecule has 8 heteroatoms. The molecule has 0 aliphatic carbocycles. The van der Waals surface area contributed by atoms with Crippen LogP contribution in [-0.4, -0.2) is 33.5 Å². The standard InChI is InChI=1S/C11H19N3O3S2/c1-8(2)10(12)11(15)13-5-6-14-19(16,17)9-4-3-7-18-9/h3-4,7-8,10,14H,5-6,12H2,1-2H3,(H,13,15)/t10-/m0/s1. The molecule has 0 fully saturated rings. The summed E-state index contributed by atoms with van der Waals surface area (Å²) in [7, 11) is -3.47. The third-order valence-electron chi connectivity index (χ3n) is 2.50. The minimum absolute atomic E-state index is 0.0443. The van der Waals surface area contributed by atoms with E-state index in [0.29, 0.717) is 0 Å². The van der Waals surface area contributed by atoms with Crippen molar-refractivity contribution in [3.63, 3.8) is 0 Å². The third-order valence-corrected chi connectivity index (χ3v) is 5.36. The molecule has 4 N–H and O–H groups in total. The average Bonchev–Trinajstić information content (AvgIpc) is 2.87. The van der Waals surface area contributed by atoms with Gasteiger partial charge in [0.1, 0.15) is 4.21 Å². The summed E-state index contributed by atoms with van der Waals surface area (Å²) in [5.74, 6) is -0.229. The maximum Gasteiger partial charge on any atom is 0.250 e. The van der Waals surface area contributed by atoms with E-state index >= 15 is 0 Å². The van der Waals surface area contributed by atoms with Crippen LogP contribution in [0, 0.1) is 5.92 Å². The van der Waals surface area contributed by atoms with E-state index in [-0.39, 0.29) is 29.1 Å². The number of amides is 1. The van der Waals surface area contributed by atoms with E-state index in [2.05, 4.69) is 10.0 Å². The second-order valence-electron chi connectivity index (χ2n) is 4.39. The summed E-state index contributed by atoms with van der Waals surface area (Å²) in [6.45, 7) is 4.05. The summed E-state index contributed by atoms with van der Waals surface area (Å²) in [4.78, 5) is 11.5. The quantitative estimate of drug-likeness (QED) is 0.623. The summed E-state index contributed by atoms with van der Waals surface area (Å²) in [5.41, 5.74) is 5.66. The molecule has 0 aromatic carbocycles. The smallest absolute Gasteiger partial charge is 0.250 e. The van der Waals surface area contributed by atoms with Crippen molar-refractivity contribution in [1.29, 1.82) is 0 Å². The van der Waals surface area contributed by atoms with Crippen LogP contribution in [0.5, 0.6) is 0 Å². The summed E-state index contributed by atoms with van der Waals surface area (Å²) < 4.78 is 26.2. The Bertz CT molecular complexity index is 497. The highest BCUT2D eigenvalue weighted by Crippen LogP contribution is 2.14. The number of hydrogen-bond acceptors (Lipinski definition) is 5. The van der Waals surface area contributed by atoms with Crippen molar-refractivity contribution >= 4 is 27.3 Å². The Morgan fingerprint density at radius 2 is 2.11 bits per heavy atom. The normalized spacial score (nSPS) is 13.5. The topological polar surface area (TPSA) is 101 Å². The lowest BCUT2D eigenvalue weighted by molar-refractivity contribution is -0.123. The van der Waals surface area contributed by atoms with Crippen LogP contribution in [0.25, 0.3) is 0 Å². The van der Waals surface area contributed by atoms with Gasteiger partial charge in [-0.1, -0.05) is 19.9 Å². The molecule has 1 heterocycles. The lowest BCUT2D eigenvalue weighted by atomic mass is 10.1. The Balaban J connectivity index is 2.34. The molecule has 1 rings (SSSR count). The number of hydrogen-bond donors (Lipinski definition) is 3. The molecule has 108 valence electrons. The molecule has 1 atom stereocenters. The van der Waals surface area contributed by atoms with E-state index in [4.69, 9.17) is 5.73 Å². The highest BCUT2D eigenvalue weighted by molar-refractivity contribution is 7.91. The number of carbonyl (C=O) groups is 1. The van der Waals surface area contributed by atoms with Crippen LogP contribution in [-0.2, 0) is 14.8 Å². The Hall–Kier alpha value is -0.960. The van der Waals surface area contributed by atoms with Crippen LogP contribution in [0.3, 0.4) is 0 Å². The molecule has 19 heavy (non-hydrogen) atoms. The van der Waals surface area contributed by atoms with E-state index in [1.165, 1.54) is 6.07 Å². The van der Waals surface area contributed by atoms with Crippen molar-refractivity contribution in [2.75, 3.05) is 13.1 Å². The summed E-state index contributed by atoms with van der Waals surface area (Å²) in [6.07, 6.45) is 0. The maximum atomic E-state index is 11.7. The Morgan fingerprint density at radius 1 is 1.42 bits per heavy atom. The van der Waals surface area contributed by atoms with Crippen molar-refractivity contribution in [3.05, 3.63) is 17.5 Å². The predicted molar refractivity (Wildman–Crippen MR) is 75.3 cm³/mol. The highest BCUT2D eigenvalue weighted by atomic mass is 32.2. The van der Waals surface area contributed by atoms with Gasteiger partial charge < -0.3 is 11.1 Å². The molecule has 1 aromatic rings. The fourth-order valence-electron chi connectivity index (χ4n) is 1.28. The maximum absolute atomic E-state index is 11.7. The van der Waals surface area contributed by atoms with Gasteiger partial charge in [-0.3, -0.25) is 4.79 Å². The van der Waals surface area contributed by atoms with Crippen LogP contribution in [0.4, 0.5) is 0 Å². The van der Waals surface area contributed by atoms with Crippen molar-refractivity contribution in [1.82, 2.24) is 10.0 Å². The van der Waals surface area contributed by atoms with Gasteiger partial charge in [0.05, 0.1) is 6.04 Å². The van der Waals surface area contributed by atoms with Crippen LogP contribution >= 0.6 is 11.3 Å². The van der Waals surface area contributed by atoms with Gasteiger partial charge in [-0.25, -0.2) is 13.1 Å². The predicted octanol–water partition coefficient (Wildman–Crippen LogP) is 0.126. The molecule has 6 nitrogen and oxygen atoms in total. The molecule has 1 aromatic heterocycles. The molecule has 0 unspecified atom stereocenters. The van der Waals surface area contributed by atoms with Crippen molar-refractivity contribution in [3.8, 4) is 0 Å². The number of carbonyl (C=O) groups excluding carboxylic acids is 1. The van der Waals surface area contributed by atoms with Gasteiger partial charge in [0.2, 0.25) is 15.9 Å². The molecule has 0 saturated carbocycles. The van der Waals surface area contributed by atoms with E-state index in [9.17, 15) is 13.2 Å². The Kier molecular flexibility index (Phi) is 5.92. The van der Waals surface area contributed by atoms with Gasteiger partial charge in [0.25, 0.3) is 0 Å². The second-order valence-corrected chi connectivity index (χ2v) is 7.33.